The van der Waals surface area contributed by atoms with Crippen molar-refractivity contribution < 1.29 is 19.0 Å². The first-order valence-electron chi connectivity index (χ1n) is 5.96. The molecule has 0 aliphatic carbocycles. The maximum absolute atomic E-state index is 11.9. The first-order chi connectivity index (χ1) is 9.12. The van der Waals surface area contributed by atoms with E-state index >= 15 is 0 Å². The first kappa shape index (κ1) is 14.5. The van der Waals surface area contributed by atoms with Crippen molar-refractivity contribution in [1.82, 2.24) is 0 Å². The van der Waals surface area contributed by atoms with E-state index in [1.54, 1.807) is 14.2 Å². The van der Waals surface area contributed by atoms with Crippen molar-refractivity contribution in [1.29, 1.82) is 0 Å². The third-order valence-electron chi connectivity index (χ3n) is 3.02. The summed E-state index contributed by atoms with van der Waals surface area (Å²) in [4.78, 5) is 12.9. The Bertz CT molecular complexity index is 576. The van der Waals surface area contributed by atoms with Gasteiger partial charge in [-0.15, -0.1) is 0 Å². The number of rotatable bonds is 4. The van der Waals surface area contributed by atoms with E-state index in [0.717, 1.165) is 10.5 Å². The number of benzene rings is 1. The summed E-state index contributed by atoms with van der Waals surface area (Å²) in [6.45, 7) is 2.20. The fraction of sp³-hybridized carbons (Fsp3) is 0.462. The molecule has 2 rings (SSSR count). The molecular weight excluding hydrogens is 283 g/mol. The molecule has 1 aliphatic rings. The SMILES string of the molecule is CCOC(=O)C1Cc2cc(OC)c(OC)cc2[S-]1#P. The van der Waals surface area contributed by atoms with Crippen LogP contribution in [0.3, 0.4) is 0 Å². The molecule has 0 saturated carbocycles. The molecule has 0 spiro atoms. The third-order valence-corrected chi connectivity index (χ3v) is 6.10. The standard InChI is InChI=1S/C13H16O4PS/c1-4-17-13(14)12-6-8-5-9(15-2)10(16-3)7-11(8)19(12)18/h5,7,12H,4,6H2,1-3H3/q-1. The molecule has 4 nitrogen and oxygen atoms in total. The number of methoxy groups -OCH3 is 2. The summed E-state index contributed by atoms with van der Waals surface area (Å²) in [6.07, 6.45) is 0.640. The molecule has 0 aromatic heterocycles. The first-order valence-corrected chi connectivity index (χ1v) is 8.30. The zero-order valence-electron chi connectivity index (χ0n) is 11.1. The van der Waals surface area contributed by atoms with Crippen molar-refractivity contribution in [3.8, 4) is 11.5 Å². The van der Waals surface area contributed by atoms with E-state index in [4.69, 9.17) is 14.2 Å². The molecule has 0 radical (unpaired) electrons. The second-order valence-electron chi connectivity index (χ2n) is 4.07. The fourth-order valence-corrected chi connectivity index (χ4v) is 4.62. The van der Waals surface area contributed by atoms with Crippen LogP contribution < -0.4 is 9.47 Å². The van der Waals surface area contributed by atoms with Crippen LogP contribution in [0.15, 0.2) is 17.0 Å². The summed E-state index contributed by atoms with van der Waals surface area (Å²) in [5.74, 6) is 1.16. The Morgan fingerprint density at radius 3 is 2.58 bits per heavy atom. The number of esters is 1. The van der Waals surface area contributed by atoms with Crippen LogP contribution in [0.4, 0.5) is 0 Å². The molecule has 1 atom stereocenters. The van der Waals surface area contributed by atoms with Crippen molar-refractivity contribution in [3.05, 3.63) is 17.7 Å². The van der Waals surface area contributed by atoms with Crippen LogP contribution in [0.25, 0.3) is 0 Å². The molecule has 1 aliphatic heterocycles. The van der Waals surface area contributed by atoms with E-state index in [9.17, 15) is 4.79 Å². The van der Waals surface area contributed by atoms with Gasteiger partial charge in [-0.3, -0.25) is 0 Å². The van der Waals surface area contributed by atoms with Crippen LogP contribution >= 0.6 is 7.81 Å². The van der Waals surface area contributed by atoms with Crippen LogP contribution in [0, 0.1) is 0 Å². The molecule has 0 N–H and O–H groups in total. The molecule has 19 heavy (non-hydrogen) atoms. The van der Waals surface area contributed by atoms with Gasteiger partial charge in [-0.05, 0) is 0 Å². The van der Waals surface area contributed by atoms with E-state index in [2.05, 4.69) is 7.81 Å². The predicted octanol–water partition coefficient (Wildman–Crippen LogP) is 2.49. The normalized spacial score (nSPS) is 17.9. The topological polar surface area (TPSA) is 44.8 Å². The molecule has 6 heteroatoms. The molecule has 0 amide bonds. The van der Waals surface area contributed by atoms with E-state index in [-0.39, 0.29) is 11.2 Å². The van der Waals surface area contributed by atoms with E-state index in [1.807, 2.05) is 19.1 Å². The van der Waals surface area contributed by atoms with Gasteiger partial charge in [-0.2, -0.15) is 0 Å². The van der Waals surface area contributed by atoms with Crippen molar-refractivity contribution in [2.45, 2.75) is 23.5 Å². The van der Waals surface area contributed by atoms with Crippen LogP contribution in [-0.2, 0) is 25.8 Å². The van der Waals surface area contributed by atoms with E-state index < -0.39 is 9.87 Å². The summed E-state index contributed by atoms with van der Waals surface area (Å²) >= 11 is 0. The van der Waals surface area contributed by atoms with Gasteiger partial charge in [0.25, 0.3) is 0 Å². The molecule has 0 bridgehead atoms. The molecule has 1 unspecified atom stereocenters. The van der Waals surface area contributed by atoms with Gasteiger partial charge in [0.15, 0.2) is 0 Å². The number of hydrogen-bond acceptors (Lipinski definition) is 5. The Morgan fingerprint density at radius 1 is 1.37 bits per heavy atom. The molecule has 0 saturated heterocycles. The summed E-state index contributed by atoms with van der Waals surface area (Å²) in [7, 11) is 7.32. The fourth-order valence-electron chi connectivity index (χ4n) is 2.10. The monoisotopic (exact) mass is 299 g/mol. The number of fused-ring (bicyclic) bond motifs is 1. The number of carbonyl (C=O) groups is 1. The van der Waals surface area contributed by atoms with Crippen molar-refractivity contribution in [2.24, 2.45) is 0 Å². The molecule has 1 aromatic carbocycles. The molecular formula is C13H16O4PS-. The van der Waals surface area contributed by atoms with Gasteiger partial charge in [0, 0.05) is 0 Å². The van der Waals surface area contributed by atoms with Crippen molar-refractivity contribution in [2.75, 3.05) is 20.8 Å². The molecule has 0 fully saturated rings. The van der Waals surface area contributed by atoms with Crippen LogP contribution in [0.2, 0.25) is 0 Å². The number of ether oxygens (including phenoxy) is 3. The second kappa shape index (κ2) is 6.02. The van der Waals surface area contributed by atoms with Crippen molar-refractivity contribution in [3.63, 3.8) is 0 Å². The minimum atomic E-state index is -0.455. The van der Waals surface area contributed by atoms with Crippen LogP contribution in [-0.4, -0.2) is 32.0 Å². The zero-order valence-corrected chi connectivity index (χ0v) is 12.8. The summed E-state index contributed by atoms with van der Waals surface area (Å²) in [5, 5.41) is -0.213. The van der Waals surface area contributed by atoms with Gasteiger partial charge >= 0.3 is 116 Å². The summed E-state index contributed by atoms with van der Waals surface area (Å²) in [6, 6.07) is 3.83. The third kappa shape index (κ3) is 2.67. The minimum absolute atomic E-state index is 0.185. The van der Waals surface area contributed by atoms with Gasteiger partial charge in [-0.25, -0.2) is 0 Å². The Kier molecular flexibility index (Phi) is 4.58. The molecule has 1 heterocycles. The van der Waals surface area contributed by atoms with Crippen LogP contribution in [0.5, 0.6) is 11.5 Å². The predicted molar refractivity (Wildman–Crippen MR) is 76.2 cm³/mol. The van der Waals surface area contributed by atoms with Gasteiger partial charge in [0.05, 0.1) is 0 Å². The average molecular weight is 299 g/mol. The van der Waals surface area contributed by atoms with Gasteiger partial charge in [0.2, 0.25) is 0 Å². The van der Waals surface area contributed by atoms with Crippen molar-refractivity contribution >= 4 is 23.7 Å². The number of carbonyl (C=O) groups excluding carboxylic acids is 1. The quantitative estimate of drug-likeness (QED) is 0.487. The summed E-state index contributed by atoms with van der Waals surface area (Å²) in [5.41, 5.74) is 1.08. The average Bonchev–Trinajstić information content (AvgIpc) is 2.74. The van der Waals surface area contributed by atoms with E-state index in [0.29, 0.717) is 24.5 Å². The van der Waals surface area contributed by atoms with E-state index in [1.165, 1.54) is 0 Å². The molecule has 104 valence electrons. The number of hydrogen-bond donors (Lipinski definition) is 0. The maximum atomic E-state index is 11.9. The summed E-state index contributed by atoms with van der Waals surface area (Å²) < 4.78 is 15.7. The Morgan fingerprint density at radius 2 is 2.00 bits per heavy atom. The van der Waals surface area contributed by atoms with Crippen LogP contribution in [0.1, 0.15) is 12.5 Å². The zero-order chi connectivity index (χ0) is 14.0. The van der Waals surface area contributed by atoms with Gasteiger partial charge in [-0.1, -0.05) is 0 Å². The second-order valence-corrected chi connectivity index (χ2v) is 6.89. The van der Waals surface area contributed by atoms with Gasteiger partial charge < -0.3 is 0 Å². The Labute approximate surface area is 116 Å². The Hall–Kier alpha value is -0.930. The van der Waals surface area contributed by atoms with Gasteiger partial charge in [0.1, 0.15) is 0 Å². The molecule has 1 aromatic rings. The Balaban J connectivity index is 2.36.